The van der Waals surface area contributed by atoms with Crippen molar-refractivity contribution in [2.75, 3.05) is 5.32 Å². The van der Waals surface area contributed by atoms with Crippen molar-refractivity contribution in [3.05, 3.63) is 95.3 Å². The zero-order chi connectivity index (χ0) is 27.0. The molecule has 0 aliphatic rings. The second kappa shape index (κ2) is 10.1. The standard InChI is InChI=1S/C26H19ClFN5O3S2/c27-21-13-23-20(12-22(21)28)24(31-32-26(37)30-17-8-4-9-18(11-17)38(29,35)36)25(34)33(23)14-16-7-3-6-15-5-1-2-10-19(15)16/h1-13,34H,14H2,(H,30,37)(H2,29,35,36). The summed E-state index contributed by atoms with van der Waals surface area (Å²) in [5, 5.41) is 29.2. The van der Waals surface area contributed by atoms with Gasteiger partial charge in [-0.05, 0) is 58.9 Å². The molecule has 0 unspecified atom stereocenters. The molecule has 5 rings (SSSR count). The quantitative estimate of drug-likeness (QED) is 0.166. The monoisotopic (exact) mass is 567 g/mol. The number of azo groups is 1. The Morgan fingerprint density at radius 2 is 1.79 bits per heavy atom. The molecular weight excluding hydrogens is 549 g/mol. The number of halogens is 2. The highest BCUT2D eigenvalue weighted by molar-refractivity contribution is 7.89. The normalized spacial score (nSPS) is 12.0. The average molecular weight is 568 g/mol. The molecule has 0 aliphatic heterocycles. The topological polar surface area (TPSA) is 122 Å². The lowest BCUT2D eigenvalue weighted by molar-refractivity contribution is 0.430. The number of hydrogen-bond donors (Lipinski definition) is 3. The number of aromatic nitrogens is 1. The molecule has 0 saturated heterocycles. The van der Waals surface area contributed by atoms with Crippen LogP contribution in [0.4, 0.5) is 15.8 Å². The first-order chi connectivity index (χ1) is 18.1. The Morgan fingerprint density at radius 3 is 2.58 bits per heavy atom. The Bertz CT molecular complexity index is 1870. The number of aromatic hydroxyl groups is 1. The van der Waals surface area contributed by atoms with E-state index in [2.05, 4.69) is 15.5 Å². The van der Waals surface area contributed by atoms with Crippen LogP contribution < -0.4 is 10.5 Å². The fourth-order valence-corrected chi connectivity index (χ4v) is 5.04. The number of nitrogens with one attached hydrogen (secondary N) is 1. The van der Waals surface area contributed by atoms with Crippen LogP contribution in [0.5, 0.6) is 5.88 Å². The molecule has 1 heterocycles. The summed E-state index contributed by atoms with van der Waals surface area (Å²) in [5.74, 6) is -0.934. The zero-order valence-corrected chi connectivity index (χ0v) is 21.9. The van der Waals surface area contributed by atoms with Gasteiger partial charge in [-0.1, -0.05) is 60.1 Å². The van der Waals surface area contributed by atoms with E-state index in [-0.39, 0.29) is 38.5 Å². The minimum Gasteiger partial charge on any atom is -0.493 e. The third-order valence-corrected chi connectivity index (χ3v) is 7.30. The SMILES string of the molecule is NS(=O)(=O)c1cccc(NC(=S)N=Nc2c(O)n(Cc3cccc4ccccc34)c3cc(Cl)c(F)cc23)c1. The number of nitrogens with zero attached hydrogens (tertiary/aromatic N) is 3. The molecule has 4 aromatic carbocycles. The van der Waals surface area contributed by atoms with Crippen LogP contribution in [0.25, 0.3) is 21.7 Å². The fraction of sp³-hybridized carbons (Fsp3) is 0.0385. The molecule has 0 saturated carbocycles. The number of hydrogen-bond acceptors (Lipinski definition) is 5. The lowest BCUT2D eigenvalue weighted by Gasteiger charge is -2.10. The summed E-state index contributed by atoms with van der Waals surface area (Å²) in [4.78, 5) is -0.108. The summed E-state index contributed by atoms with van der Waals surface area (Å²) < 4.78 is 39.2. The molecular formula is C26H19ClFN5O3S2. The average Bonchev–Trinajstić information content (AvgIpc) is 3.12. The van der Waals surface area contributed by atoms with E-state index in [1.807, 2.05) is 42.5 Å². The first kappa shape index (κ1) is 25.7. The van der Waals surface area contributed by atoms with E-state index in [0.717, 1.165) is 16.3 Å². The van der Waals surface area contributed by atoms with Crippen LogP contribution in [-0.4, -0.2) is 23.2 Å². The molecule has 12 heteroatoms. The Morgan fingerprint density at radius 1 is 1.05 bits per heavy atom. The van der Waals surface area contributed by atoms with Gasteiger partial charge in [0.2, 0.25) is 21.0 Å². The third-order valence-electron chi connectivity index (χ3n) is 5.92. The Kier molecular flexibility index (Phi) is 6.84. The molecule has 0 amide bonds. The summed E-state index contributed by atoms with van der Waals surface area (Å²) in [6, 6.07) is 22.0. The smallest absolute Gasteiger partial charge is 0.238 e. The number of rotatable bonds is 5. The van der Waals surface area contributed by atoms with E-state index < -0.39 is 15.8 Å². The Balaban J connectivity index is 1.52. The van der Waals surface area contributed by atoms with Crippen molar-refractivity contribution >= 4 is 72.0 Å². The van der Waals surface area contributed by atoms with Gasteiger partial charge in [0.05, 0.1) is 22.0 Å². The Labute approximate surface area is 227 Å². The van der Waals surface area contributed by atoms with Gasteiger partial charge in [-0.3, -0.25) is 0 Å². The predicted molar refractivity (Wildman–Crippen MR) is 150 cm³/mol. The number of anilines is 1. The molecule has 0 atom stereocenters. The van der Waals surface area contributed by atoms with Crippen molar-refractivity contribution in [3.8, 4) is 5.88 Å². The largest absolute Gasteiger partial charge is 0.493 e. The third kappa shape index (κ3) is 5.09. The van der Waals surface area contributed by atoms with E-state index in [1.165, 1.54) is 30.3 Å². The number of thiocarbonyl (C=S) groups is 1. The number of benzene rings is 4. The predicted octanol–water partition coefficient (Wildman–Crippen LogP) is 6.47. The first-order valence-electron chi connectivity index (χ1n) is 11.1. The van der Waals surface area contributed by atoms with Crippen LogP contribution >= 0.6 is 23.8 Å². The van der Waals surface area contributed by atoms with Crippen LogP contribution in [0.15, 0.2) is 94.0 Å². The van der Waals surface area contributed by atoms with E-state index >= 15 is 0 Å². The van der Waals surface area contributed by atoms with Crippen LogP contribution in [0.3, 0.4) is 0 Å². The molecule has 4 N–H and O–H groups in total. The number of fused-ring (bicyclic) bond motifs is 2. The first-order valence-corrected chi connectivity index (χ1v) is 13.5. The van der Waals surface area contributed by atoms with Crippen molar-refractivity contribution in [1.82, 2.24) is 4.57 Å². The highest BCUT2D eigenvalue weighted by atomic mass is 35.5. The summed E-state index contributed by atoms with van der Waals surface area (Å²) in [6.07, 6.45) is 0. The molecule has 38 heavy (non-hydrogen) atoms. The van der Waals surface area contributed by atoms with E-state index in [9.17, 15) is 17.9 Å². The summed E-state index contributed by atoms with van der Waals surface area (Å²) in [5.41, 5.74) is 1.70. The molecule has 0 radical (unpaired) electrons. The van der Waals surface area contributed by atoms with Crippen molar-refractivity contribution < 1.29 is 17.9 Å². The zero-order valence-electron chi connectivity index (χ0n) is 19.5. The number of nitrogens with two attached hydrogens (primary N) is 1. The minimum absolute atomic E-state index is 0.00163. The summed E-state index contributed by atoms with van der Waals surface area (Å²) in [7, 11) is -3.91. The molecule has 0 bridgehead atoms. The van der Waals surface area contributed by atoms with Gasteiger partial charge in [0.15, 0.2) is 5.69 Å². The maximum absolute atomic E-state index is 14.4. The van der Waals surface area contributed by atoms with Crippen molar-refractivity contribution in [3.63, 3.8) is 0 Å². The van der Waals surface area contributed by atoms with Crippen LogP contribution in [0.2, 0.25) is 5.02 Å². The van der Waals surface area contributed by atoms with Crippen molar-refractivity contribution in [2.45, 2.75) is 11.4 Å². The maximum Gasteiger partial charge on any atom is 0.238 e. The van der Waals surface area contributed by atoms with Gasteiger partial charge >= 0.3 is 0 Å². The van der Waals surface area contributed by atoms with Gasteiger partial charge in [-0.25, -0.2) is 17.9 Å². The molecule has 1 aromatic heterocycles. The molecule has 0 spiro atoms. The highest BCUT2D eigenvalue weighted by Crippen LogP contribution is 2.41. The van der Waals surface area contributed by atoms with Gasteiger partial charge in [0.25, 0.3) is 0 Å². The van der Waals surface area contributed by atoms with E-state index in [4.69, 9.17) is 29.0 Å². The minimum atomic E-state index is -3.91. The van der Waals surface area contributed by atoms with Gasteiger partial charge < -0.3 is 15.0 Å². The van der Waals surface area contributed by atoms with Crippen LogP contribution in [0, 0.1) is 5.82 Å². The molecule has 0 fully saturated rings. The summed E-state index contributed by atoms with van der Waals surface area (Å²) in [6.45, 7) is 0.254. The Hall–Kier alpha value is -3.90. The fourth-order valence-electron chi connectivity index (χ4n) is 4.17. The molecule has 8 nitrogen and oxygen atoms in total. The second-order valence-corrected chi connectivity index (χ2v) is 10.7. The summed E-state index contributed by atoms with van der Waals surface area (Å²) >= 11 is 11.3. The molecule has 5 aromatic rings. The van der Waals surface area contributed by atoms with E-state index in [0.29, 0.717) is 11.2 Å². The number of primary sulfonamides is 1. The van der Waals surface area contributed by atoms with E-state index in [1.54, 1.807) is 10.6 Å². The van der Waals surface area contributed by atoms with Gasteiger partial charge in [-0.15, -0.1) is 10.2 Å². The second-order valence-electron chi connectivity index (χ2n) is 8.38. The molecule has 0 aliphatic carbocycles. The maximum atomic E-state index is 14.4. The van der Waals surface area contributed by atoms with Gasteiger partial charge in [0.1, 0.15) is 5.82 Å². The van der Waals surface area contributed by atoms with Crippen LogP contribution in [-0.2, 0) is 16.6 Å². The lowest BCUT2D eigenvalue weighted by atomic mass is 10.0. The van der Waals surface area contributed by atoms with Crippen molar-refractivity contribution in [2.24, 2.45) is 15.4 Å². The number of sulfonamides is 1. The van der Waals surface area contributed by atoms with Gasteiger partial charge in [-0.2, -0.15) is 0 Å². The highest BCUT2D eigenvalue weighted by Gasteiger charge is 2.20. The van der Waals surface area contributed by atoms with Crippen molar-refractivity contribution in [1.29, 1.82) is 0 Å². The van der Waals surface area contributed by atoms with Gasteiger partial charge in [0, 0.05) is 11.1 Å². The molecule has 192 valence electrons. The van der Waals surface area contributed by atoms with Crippen LogP contribution in [0.1, 0.15) is 5.56 Å². The lowest BCUT2D eigenvalue weighted by Crippen LogP contribution is -2.13.